The Balaban J connectivity index is 2.45. The van der Waals surface area contributed by atoms with Crippen molar-refractivity contribution in [2.45, 2.75) is 32.8 Å². The summed E-state index contributed by atoms with van der Waals surface area (Å²) >= 11 is 0. The van der Waals surface area contributed by atoms with E-state index in [1.807, 2.05) is 38.1 Å². The Bertz CT molecular complexity index is 465. The number of carbonyl (C=O) groups is 1. The van der Waals surface area contributed by atoms with E-state index in [0.29, 0.717) is 0 Å². The highest BCUT2D eigenvalue weighted by atomic mass is 16.7. The summed E-state index contributed by atoms with van der Waals surface area (Å²) in [6, 6.07) is 7.56. The van der Waals surface area contributed by atoms with Crippen molar-refractivity contribution in [3.05, 3.63) is 35.4 Å². The average molecular weight is 217 g/mol. The van der Waals surface area contributed by atoms with Crippen LogP contribution in [0.2, 0.25) is 0 Å². The van der Waals surface area contributed by atoms with Crippen molar-refractivity contribution in [3.8, 4) is 0 Å². The van der Waals surface area contributed by atoms with E-state index in [9.17, 15) is 4.79 Å². The molecule has 1 unspecified atom stereocenters. The number of oxime groups is 1. The summed E-state index contributed by atoms with van der Waals surface area (Å²) in [7, 11) is 0. The van der Waals surface area contributed by atoms with Gasteiger partial charge < -0.3 is 4.84 Å². The number of carbonyl (C=O) groups excluding carboxylic acids is 1. The molecule has 3 nitrogen and oxygen atoms in total. The van der Waals surface area contributed by atoms with Gasteiger partial charge in [0.1, 0.15) is 0 Å². The zero-order chi connectivity index (χ0) is 11.8. The minimum Gasteiger partial charge on any atom is -0.384 e. The molecule has 1 atom stereocenters. The topological polar surface area (TPSA) is 38.7 Å². The normalized spacial score (nSPS) is 23.8. The van der Waals surface area contributed by atoms with E-state index in [4.69, 9.17) is 4.84 Å². The van der Waals surface area contributed by atoms with Gasteiger partial charge in [-0.2, -0.15) is 0 Å². The van der Waals surface area contributed by atoms with Crippen molar-refractivity contribution in [1.29, 1.82) is 0 Å². The number of nitrogens with zero attached hydrogens (tertiary/aromatic N) is 1. The van der Waals surface area contributed by atoms with Gasteiger partial charge in [0.05, 0.1) is 5.71 Å². The van der Waals surface area contributed by atoms with Gasteiger partial charge in [-0.05, 0) is 20.8 Å². The van der Waals surface area contributed by atoms with Crippen molar-refractivity contribution < 1.29 is 9.63 Å². The lowest BCUT2D eigenvalue weighted by molar-refractivity contribution is -0.00791. The SMILES string of the molecule is CC(=O)c1ccccc1C1(C)CC(C)=NO1. The zero-order valence-corrected chi connectivity index (χ0v) is 9.78. The standard InChI is InChI=1S/C13H15NO2/c1-9-8-13(3,16-14-9)12-7-5-4-6-11(12)10(2)15/h4-7H,8H2,1-3H3. The fraction of sp³-hybridized carbons (Fsp3) is 0.385. The minimum absolute atomic E-state index is 0.0602. The van der Waals surface area contributed by atoms with Crippen LogP contribution in [0.15, 0.2) is 29.4 Å². The molecule has 0 saturated heterocycles. The van der Waals surface area contributed by atoms with Crippen LogP contribution in [-0.4, -0.2) is 11.5 Å². The van der Waals surface area contributed by atoms with Gasteiger partial charge in [0.25, 0.3) is 0 Å². The second kappa shape index (κ2) is 3.74. The lowest BCUT2D eigenvalue weighted by Gasteiger charge is -2.23. The molecule has 0 aromatic heterocycles. The molecule has 16 heavy (non-hydrogen) atoms. The Morgan fingerprint density at radius 1 is 1.44 bits per heavy atom. The first-order valence-electron chi connectivity index (χ1n) is 5.35. The van der Waals surface area contributed by atoms with E-state index in [-0.39, 0.29) is 5.78 Å². The van der Waals surface area contributed by atoms with Crippen molar-refractivity contribution in [1.82, 2.24) is 0 Å². The molecule has 84 valence electrons. The fourth-order valence-corrected chi connectivity index (χ4v) is 2.13. The fourth-order valence-electron chi connectivity index (χ4n) is 2.13. The molecule has 0 N–H and O–H groups in total. The molecule has 1 aliphatic heterocycles. The maximum Gasteiger partial charge on any atom is 0.165 e. The lowest BCUT2D eigenvalue weighted by Crippen LogP contribution is -2.24. The first-order valence-corrected chi connectivity index (χ1v) is 5.35. The third kappa shape index (κ3) is 1.73. The van der Waals surface area contributed by atoms with Crippen LogP contribution in [-0.2, 0) is 10.4 Å². The molecule has 0 aliphatic carbocycles. The van der Waals surface area contributed by atoms with Gasteiger partial charge >= 0.3 is 0 Å². The average Bonchev–Trinajstić information content (AvgIpc) is 2.60. The highest BCUT2D eigenvalue weighted by Crippen LogP contribution is 2.36. The van der Waals surface area contributed by atoms with Crippen LogP contribution >= 0.6 is 0 Å². The molecular weight excluding hydrogens is 202 g/mol. The second-order valence-electron chi connectivity index (χ2n) is 4.43. The molecule has 1 aliphatic rings. The summed E-state index contributed by atoms with van der Waals surface area (Å²) in [4.78, 5) is 17.0. The van der Waals surface area contributed by atoms with E-state index in [1.165, 1.54) is 0 Å². The van der Waals surface area contributed by atoms with Gasteiger partial charge in [-0.25, -0.2) is 0 Å². The maximum atomic E-state index is 11.6. The number of rotatable bonds is 2. The van der Waals surface area contributed by atoms with E-state index in [2.05, 4.69) is 5.16 Å². The van der Waals surface area contributed by atoms with Crippen molar-refractivity contribution in [2.24, 2.45) is 5.16 Å². The zero-order valence-electron chi connectivity index (χ0n) is 9.78. The largest absolute Gasteiger partial charge is 0.384 e. The van der Waals surface area contributed by atoms with Crippen LogP contribution in [0, 0.1) is 0 Å². The summed E-state index contributed by atoms with van der Waals surface area (Å²) < 4.78 is 0. The van der Waals surface area contributed by atoms with Gasteiger partial charge in [0, 0.05) is 17.5 Å². The van der Waals surface area contributed by atoms with Crippen LogP contribution < -0.4 is 0 Å². The minimum atomic E-state index is -0.494. The molecule has 0 amide bonds. The molecule has 0 saturated carbocycles. The molecular formula is C13H15NO2. The Kier molecular flexibility index (Phi) is 2.54. The van der Waals surface area contributed by atoms with E-state index < -0.39 is 5.60 Å². The molecule has 0 radical (unpaired) electrons. The van der Waals surface area contributed by atoms with Crippen LogP contribution in [0.25, 0.3) is 0 Å². The van der Waals surface area contributed by atoms with Gasteiger partial charge in [-0.15, -0.1) is 0 Å². The summed E-state index contributed by atoms with van der Waals surface area (Å²) in [6.07, 6.45) is 0.733. The van der Waals surface area contributed by atoms with Crippen LogP contribution in [0.1, 0.15) is 43.1 Å². The Morgan fingerprint density at radius 2 is 2.12 bits per heavy atom. The number of Topliss-reactive ketones (excluding diaryl/α,β-unsaturated/α-hetero) is 1. The monoisotopic (exact) mass is 217 g/mol. The summed E-state index contributed by atoms with van der Waals surface area (Å²) in [6.45, 7) is 5.47. The molecule has 0 fully saturated rings. The molecule has 1 heterocycles. The highest BCUT2D eigenvalue weighted by molar-refractivity contribution is 5.96. The Hall–Kier alpha value is -1.64. The van der Waals surface area contributed by atoms with E-state index in [1.54, 1.807) is 6.92 Å². The third-order valence-corrected chi connectivity index (χ3v) is 2.87. The predicted molar refractivity (Wildman–Crippen MR) is 62.6 cm³/mol. The summed E-state index contributed by atoms with van der Waals surface area (Å²) in [5.41, 5.74) is 2.10. The molecule has 1 aromatic carbocycles. The first-order chi connectivity index (χ1) is 7.53. The van der Waals surface area contributed by atoms with Gasteiger partial charge in [0.15, 0.2) is 11.4 Å². The molecule has 2 rings (SSSR count). The quantitative estimate of drug-likeness (QED) is 0.714. The van der Waals surface area contributed by atoms with E-state index >= 15 is 0 Å². The third-order valence-electron chi connectivity index (χ3n) is 2.87. The van der Waals surface area contributed by atoms with Crippen LogP contribution in [0.4, 0.5) is 0 Å². The summed E-state index contributed by atoms with van der Waals surface area (Å²) in [5, 5.41) is 3.97. The summed E-state index contributed by atoms with van der Waals surface area (Å²) in [5.74, 6) is 0.0602. The molecule has 0 bridgehead atoms. The lowest BCUT2D eigenvalue weighted by atomic mass is 9.87. The number of benzene rings is 1. The predicted octanol–water partition coefficient (Wildman–Crippen LogP) is 2.90. The van der Waals surface area contributed by atoms with Gasteiger partial charge in [-0.1, -0.05) is 29.4 Å². The Morgan fingerprint density at radius 3 is 2.69 bits per heavy atom. The van der Waals surface area contributed by atoms with Crippen LogP contribution in [0.3, 0.4) is 0 Å². The Labute approximate surface area is 95.1 Å². The van der Waals surface area contributed by atoms with Crippen molar-refractivity contribution >= 4 is 11.5 Å². The van der Waals surface area contributed by atoms with Gasteiger partial charge in [-0.3, -0.25) is 4.79 Å². The number of hydrogen-bond acceptors (Lipinski definition) is 3. The maximum absolute atomic E-state index is 11.6. The van der Waals surface area contributed by atoms with Crippen LogP contribution in [0.5, 0.6) is 0 Å². The highest BCUT2D eigenvalue weighted by Gasteiger charge is 2.36. The van der Waals surface area contributed by atoms with Gasteiger partial charge in [0.2, 0.25) is 0 Å². The first kappa shape index (κ1) is 10.9. The molecule has 3 heteroatoms. The molecule has 1 aromatic rings. The van der Waals surface area contributed by atoms with Crippen molar-refractivity contribution in [3.63, 3.8) is 0 Å². The second-order valence-corrected chi connectivity index (χ2v) is 4.43. The van der Waals surface area contributed by atoms with E-state index in [0.717, 1.165) is 23.3 Å². The van der Waals surface area contributed by atoms with Crippen molar-refractivity contribution in [2.75, 3.05) is 0 Å². The number of ketones is 1. The smallest absolute Gasteiger partial charge is 0.165 e. The molecule has 0 spiro atoms. The number of hydrogen-bond donors (Lipinski definition) is 0.